The summed E-state index contributed by atoms with van der Waals surface area (Å²) < 4.78 is 2.49. The van der Waals surface area contributed by atoms with Gasteiger partial charge in [-0.2, -0.15) is 4.58 Å². The predicted molar refractivity (Wildman–Crippen MR) is 170 cm³/mol. The molecule has 0 saturated heterocycles. The number of fused-ring (bicyclic) bond motifs is 2. The largest absolute Gasteiger partial charge is 0.356 e. The van der Waals surface area contributed by atoms with E-state index in [-0.39, 0.29) is 16.7 Å². The molecule has 0 radical (unpaired) electrons. The summed E-state index contributed by atoms with van der Waals surface area (Å²) in [6.07, 6.45) is 16.9. The van der Waals surface area contributed by atoms with Crippen molar-refractivity contribution in [1.82, 2.24) is 5.32 Å². The van der Waals surface area contributed by atoms with Crippen molar-refractivity contribution < 1.29 is 9.37 Å². The Balaban J connectivity index is 1.44. The standard InChI is InChI=1S/C36H47N3O/c1-7-8-26-37-34(40)25-13-10-18-27-39-31-22-17-15-20-29(31)36(4,5)33(39)24-12-9-11-23-32-35(2,3)28-19-14-16-21-30(28)38(32)6/h9,11-12,14-17,19-24H,7-8,10,13,18,25-27H2,1-6H3/p+1. The fourth-order valence-electron chi connectivity index (χ4n) is 6.27. The number of hydrogen-bond donors (Lipinski definition) is 1. The number of nitrogens with one attached hydrogen (secondary N) is 1. The second-order valence-electron chi connectivity index (χ2n) is 12.2. The second-order valence-corrected chi connectivity index (χ2v) is 12.2. The van der Waals surface area contributed by atoms with E-state index in [1.807, 2.05) is 0 Å². The number of anilines is 1. The molecule has 4 rings (SSSR count). The van der Waals surface area contributed by atoms with Crippen LogP contribution in [0, 0.1) is 0 Å². The van der Waals surface area contributed by atoms with Gasteiger partial charge in [-0.3, -0.25) is 4.79 Å². The average Bonchev–Trinajstić information content (AvgIpc) is 3.27. The number of likely N-dealkylation sites (N-methyl/N-ethyl adjacent to an activating group) is 1. The minimum absolute atomic E-state index is 0.0176. The molecular weight excluding hydrogens is 490 g/mol. The summed E-state index contributed by atoms with van der Waals surface area (Å²) in [5.41, 5.74) is 7.91. The third-order valence-electron chi connectivity index (χ3n) is 8.61. The Morgan fingerprint density at radius 3 is 2.35 bits per heavy atom. The number of nitrogens with zero attached hydrogens (tertiary/aromatic N) is 2. The number of hydrogen-bond acceptors (Lipinski definition) is 2. The summed E-state index contributed by atoms with van der Waals surface area (Å²) in [6.45, 7) is 13.2. The van der Waals surface area contributed by atoms with Crippen LogP contribution in [0.15, 0.2) is 84.6 Å². The number of benzene rings is 2. The van der Waals surface area contributed by atoms with Gasteiger partial charge in [-0.05, 0) is 50.8 Å². The molecule has 0 atom stereocenters. The van der Waals surface area contributed by atoms with Crippen LogP contribution >= 0.6 is 0 Å². The first-order valence-corrected chi connectivity index (χ1v) is 15.1. The van der Waals surface area contributed by atoms with Crippen molar-refractivity contribution in [2.45, 2.75) is 84.0 Å². The fraction of sp³-hybridized carbons (Fsp3) is 0.444. The lowest BCUT2D eigenvalue weighted by molar-refractivity contribution is -0.438. The van der Waals surface area contributed by atoms with Crippen molar-refractivity contribution in [3.8, 4) is 0 Å². The van der Waals surface area contributed by atoms with Crippen molar-refractivity contribution >= 4 is 23.0 Å². The van der Waals surface area contributed by atoms with E-state index in [0.717, 1.165) is 45.2 Å². The van der Waals surface area contributed by atoms with Gasteiger partial charge in [0.05, 0.1) is 5.41 Å². The van der Waals surface area contributed by atoms with Crippen molar-refractivity contribution in [3.05, 3.63) is 95.7 Å². The third-order valence-corrected chi connectivity index (χ3v) is 8.61. The highest BCUT2D eigenvalue weighted by Gasteiger charge is 2.43. The minimum Gasteiger partial charge on any atom is -0.356 e. The van der Waals surface area contributed by atoms with Gasteiger partial charge in [0.1, 0.15) is 6.54 Å². The SMILES string of the molecule is CCCCNC(=O)CCCCC[N+]1=C(/C=C/C=C/C=C2\N(C)c3ccccc3C2(C)C)C(C)(C)c2ccccc21. The van der Waals surface area contributed by atoms with Gasteiger partial charge in [0.25, 0.3) is 0 Å². The number of allylic oxidation sites excluding steroid dienone is 6. The third kappa shape index (κ3) is 6.16. The van der Waals surface area contributed by atoms with Crippen molar-refractivity contribution in [2.75, 3.05) is 25.0 Å². The van der Waals surface area contributed by atoms with Gasteiger partial charge in [-0.15, -0.1) is 0 Å². The molecule has 4 nitrogen and oxygen atoms in total. The highest BCUT2D eigenvalue weighted by molar-refractivity contribution is 6.03. The highest BCUT2D eigenvalue weighted by atomic mass is 16.1. The average molecular weight is 539 g/mol. The van der Waals surface area contributed by atoms with Gasteiger partial charge < -0.3 is 10.2 Å². The van der Waals surface area contributed by atoms with Crippen LogP contribution < -0.4 is 10.2 Å². The van der Waals surface area contributed by atoms with Gasteiger partial charge in [0, 0.05) is 60.9 Å². The summed E-state index contributed by atoms with van der Waals surface area (Å²) in [5, 5.41) is 3.03. The van der Waals surface area contributed by atoms with Crippen LogP contribution in [0.1, 0.15) is 84.3 Å². The van der Waals surface area contributed by atoms with Crippen LogP contribution in [0.25, 0.3) is 0 Å². The van der Waals surface area contributed by atoms with E-state index in [4.69, 9.17) is 0 Å². The molecule has 1 N–H and O–H groups in total. The number of amides is 1. The molecule has 0 spiro atoms. The van der Waals surface area contributed by atoms with E-state index >= 15 is 0 Å². The molecule has 0 unspecified atom stereocenters. The molecular formula is C36H48N3O+. The maximum absolute atomic E-state index is 12.1. The van der Waals surface area contributed by atoms with E-state index in [1.165, 1.54) is 33.9 Å². The van der Waals surface area contributed by atoms with Crippen molar-refractivity contribution in [1.29, 1.82) is 0 Å². The van der Waals surface area contributed by atoms with E-state index < -0.39 is 0 Å². The van der Waals surface area contributed by atoms with E-state index in [2.05, 4.69) is 135 Å². The molecule has 0 fully saturated rings. The fourth-order valence-corrected chi connectivity index (χ4v) is 6.27. The van der Waals surface area contributed by atoms with Gasteiger partial charge in [0.15, 0.2) is 5.71 Å². The van der Waals surface area contributed by atoms with Crippen molar-refractivity contribution in [2.24, 2.45) is 0 Å². The first-order chi connectivity index (χ1) is 19.2. The first kappa shape index (κ1) is 29.6. The Morgan fingerprint density at radius 1 is 0.875 bits per heavy atom. The molecule has 212 valence electrons. The summed E-state index contributed by atoms with van der Waals surface area (Å²) in [7, 11) is 2.16. The highest BCUT2D eigenvalue weighted by Crippen LogP contribution is 2.46. The Morgan fingerprint density at radius 2 is 1.60 bits per heavy atom. The van der Waals surface area contributed by atoms with Gasteiger partial charge in [0.2, 0.25) is 11.6 Å². The van der Waals surface area contributed by atoms with Gasteiger partial charge in [-0.25, -0.2) is 0 Å². The summed E-state index contributed by atoms with van der Waals surface area (Å²) >= 11 is 0. The molecule has 0 bridgehead atoms. The number of carbonyl (C=O) groups is 1. The molecule has 0 saturated carbocycles. The second kappa shape index (κ2) is 12.8. The lowest BCUT2D eigenvalue weighted by Gasteiger charge is -2.23. The molecule has 4 heteroatoms. The summed E-state index contributed by atoms with van der Waals surface area (Å²) in [5.74, 6) is 0.189. The van der Waals surface area contributed by atoms with Crippen LogP contribution in [-0.2, 0) is 15.6 Å². The number of carbonyl (C=O) groups excluding carboxylic acids is 1. The van der Waals surface area contributed by atoms with Crippen LogP contribution in [0.3, 0.4) is 0 Å². The lowest BCUT2D eigenvalue weighted by Crippen LogP contribution is -2.28. The molecule has 40 heavy (non-hydrogen) atoms. The number of para-hydroxylation sites is 2. The normalized spacial score (nSPS) is 18.2. The van der Waals surface area contributed by atoms with Gasteiger partial charge >= 0.3 is 0 Å². The Hall–Kier alpha value is -3.40. The lowest BCUT2D eigenvalue weighted by atomic mass is 9.81. The number of unbranched alkanes of at least 4 members (excludes halogenated alkanes) is 3. The smallest absolute Gasteiger partial charge is 0.219 e. The van der Waals surface area contributed by atoms with E-state index in [0.29, 0.717) is 6.42 Å². The van der Waals surface area contributed by atoms with E-state index in [9.17, 15) is 4.79 Å². The minimum atomic E-state index is -0.0616. The van der Waals surface area contributed by atoms with E-state index in [1.54, 1.807) is 0 Å². The van der Waals surface area contributed by atoms with Crippen LogP contribution in [0.5, 0.6) is 0 Å². The molecule has 1 amide bonds. The molecule has 2 aliphatic rings. The van der Waals surface area contributed by atoms with Crippen molar-refractivity contribution in [3.63, 3.8) is 0 Å². The zero-order chi connectivity index (χ0) is 28.8. The Bertz CT molecular complexity index is 1330. The molecule has 2 heterocycles. The zero-order valence-corrected chi connectivity index (χ0v) is 25.5. The predicted octanol–water partition coefficient (Wildman–Crippen LogP) is 7.96. The summed E-state index contributed by atoms with van der Waals surface area (Å²) in [6, 6.07) is 17.5. The molecule has 2 aromatic rings. The monoisotopic (exact) mass is 538 g/mol. The topological polar surface area (TPSA) is 35.4 Å². The van der Waals surface area contributed by atoms with Crippen LogP contribution in [0.2, 0.25) is 0 Å². The number of rotatable bonds is 12. The van der Waals surface area contributed by atoms with Crippen LogP contribution in [-0.4, -0.2) is 36.3 Å². The maximum Gasteiger partial charge on any atom is 0.219 e. The zero-order valence-electron chi connectivity index (χ0n) is 25.5. The van der Waals surface area contributed by atoms with Gasteiger partial charge in [-0.1, -0.05) is 81.8 Å². The quantitative estimate of drug-likeness (QED) is 0.169. The van der Waals surface area contributed by atoms with Crippen LogP contribution in [0.4, 0.5) is 11.4 Å². The molecule has 2 aliphatic heterocycles. The molecule has 2 aromatic carbocycles. The maximum atomic E-state index is 12.1. The molecule has 0 aliphatic carbocycles. The summed E-state index contributed by atoms with van der Waals surface area (Å²) in [4.78, 5) is 14.4. The molecule has 0 aromatic heterocycles. The first-order valence-electron chi connectivity index (χ1n) is 15.1. The Labute approximate surface area is 242 Å². The Kier molecular flexibility index (Phi) is 9.50.